The summed E-state index contributed by atoms with van der Waals surface area (Å²) in [6.07, 6.45) is 4.66. The van der Waals surface area contributed by atoms with Crippen molar-refractivity contribution < 1.29 is 14.3 Å². The molecule has 3 rings (SSSR count). The van der Waals surface area contributed by atoms with E-state index in [1.54, 1.807) is 12.4 Å². The molecule has 0 unspecified atom stereocenters. The number of ether oxygens (including phenoxy) is 2. The lowest BCUT2D eigenvalue weighted by molar-refractivity contribution is -0.155. The summed E-state index contributed by atoms with van der Waals surface area (Å²) in [7, 11) is 0. The van der Waals surface area contributed by atoms with Crippen LogP contribution >= 0.6 is 0 Å². The van der Waals surface area contributed by atoms with Gasteiger partial charge < -0.3 is 9.47 Å². The second-order valence-corrected chi connectivity index (χ2v) is 8.42. The smallest absolute Gasteiger partial charge is 0.306 e. The van der Waals surface area contributed by atoms with Crippen LogP contribution in [-0.2, 0) is 26.5 Å². The standard InChI is InChI=1S/C23H30N2O3/c1-22(2,3)28-21(26)11-10-20-17-27-23(4,19-12-14-24-15-13-19)25(20)16-18-8-6-5-7-9-18/h5-9,12-15,20H,10-11,16-17H2,1-4H3/t20-,23-/m1/s1. The number of nitrogens with zero attached hydrogens (tertiary/aromatic N) is 2. The Hall–Kier alpha value is -2.24. The van der Waals surface area contributed by atoms with Crippen LogP contribution in [-0.4, -0.2) is 34.1 Å². The molecule has 0 aliphatic carbocycles. The average Bonchev–Trinajstić information content (AvgIpc) is 2.97. The molecule has 1 aliphatic heterocycles. The number of rotatable bonds is 6. The van der Waals surface area contributed by atoms with Crippen LogP contribution in [0.3, 0.4) is 0 Å². The van der Waals surface area contributed by atoms with Gasteiger partial charge in [0.15, 0.2) is 0 Å². The quantitative estimate of drug-likeness (QED) is 0.698. The molecule has 28 heavy (non-hydrogen) atoms. The van der Waals surface area contributed by atoms with Crippen molar-refractivity contribution in [3.63, 3.8) is 0 Å². The number of carbonyl (C=O) groups is 1. The van der Waals surface area contributed by atoms with Crippen LogP contribution < -0.4 is 0 Å². The third kappa shape index (κ3) is 4.97. The van der Waals surface area contributed by atoms with Crippen molar-refractivity contribution >= 4 is 5.97 Å². The Kier molecular flexibility index (Phi) is 6.16. The van der Waals surface area contributed by atoms with Crippen LogP contribution in [0.1, 0.15) is 51.7 Å². The van der Waals surface area contributed by atoms with Gasteiger partial charge in [-0.05, 0) is 51.8 Å². The van der Waals surface area contributed by atoms with E-state index >= 15 is 0 Å². The van der Waals surface area contributed by atoms with Gasteiger partial charge in [-0.15, -0.1) is 0 Å². The fraction of sp³-hybridized carbons (Fsp3) is 0.478. The molecule has 0 N–H and O–H groups in total. The highest BCUT2D eigenvalue weighted by atomic mass is 16.6. The summed E-state index contributed by atoms with van der Waals surface area (Å²) in [5.41, 5.74) is 1.27. The predicted octanol–water partition coefficient (Wildman–Crippen LogP) is 4.28. The van der Waals surface area contributed by atoms with Gasteiger partial charge >= 0.3 is 5.97 Å². The maximum Gasteiger partial charge on any atom is 0.306 e. The number of hydrogen-bond donors (Lipinski definition) is 0. The molecule has 1 saturated heterocycles. The van der Waals surface area contributed by atoms with Crippen LogP contribution in [0.2, 0.25) is 0 Å². The molecule has 1 aromatic carbocycles. The lowest BCUT2D eigenvalue weighted by atomic mass is 10.0. The minimum Gasteiger partial charge on any atom is -0.460 e. The van der Waals surface area contributed by atoms with Gasteiger partial charge in [-0.2, -0.15) is 0 Å². The minimum atomic E-state index is -0.558. The number of aromatic nitrogens is 1. The van der Waals surface area contributed by atoms with Gasteiger partial charge in [0.25, 0.3) is 0 Å². The number of benzene rings is 1. The number of pyridine rings is 1. The fourth-order valence-electron chi connectivity index (χ4n) is 3.67. The molecule has 2 aromatic rings. The van der Waals surface area contributed by atoms with Gasteiger partial charge in [-0.25, -0.2) is 0 Å². The summed E-state index contributed by atoms with van der Waals surface area (Å²) in [6, 6.07) is 14.5. The Balaban J connectivity index is 1.78. The van der Waals surface area contributed by atoms with E-state index in [1.807, 2.05) is 51.1 Å². The highest BCUT2D eigenvalue weighted by molar-refractivity contribution is 5.69. The second-order valence-electron chi connectivity index (χ2n) is 8.42. The zero-order valence-corrected chi connectivity index (χ0v) is 17.2. The first-order valence-corrected chi connectivity index (χ1v) is 9.85. The minimum absolute atomic E-state index is 0.130. The first kappa shape index (κ1) is 20.5. The first-order valence-electron chi connectivity index (χ1n) is 9.85. The highest BCUT2D eigenvalue weighted by Crippen LogP contribution is 2.39. The van der Waals surface area contributed by atoms with Gasteiger partial charge in [-0.3, -0.25) is 14.7 Å². The Morgan fingerprint density at radius 1 is 1.21 bits per heavy atom. The van der Waals surface area contributed by atoms with E-state index in [1.165, 1.54) is 5.56 Å². The molecule has 2 atom stereocenters. The van der Waals surface area contributed by atoms with E-state index in [2.05, 4.69) is 28.9 Å². The molecule has 5 nitrogen and oxygen atoms in total. The lowest BCUT2D eigenvalue weighted by Gasteiger charge is -2.37. The SMILES string of the molecule is CC(C)(C)OC(=O)CC[C@@H]1CO[C@](C)(c2ccncc2)N1Cc1ccccc1. The third-order valence-electron chi connectivity index (χ3n) is 5.06. The third-order valence-corrected chi connectivity index (χ3v) is 5.06. The van der Waals surface area contributed by atoms with Gasteiger partial charge in [0.2, 0.25) is 0 Å². The molecular weight excluding hydrogens is 352 g/mol. The van der Waals surface area contributed by atoms with Crippen molar-refractivity contribution in [1.82, 2.24) is 9.88 Å². The highest BCUT2D eigenvalue weighted by Gasteiger charge is 2.45. The largest absolute Gasteiger partial charge is 0.460 e. The normalized spacial score (nSPS) is 22.9. The Morgan fingerprint density at radius 3 is 2.54 bits per heavy atom. The molecule has 150 valence electrons. The number of hydrogen-bond acceptors (Lipinski definition) is 5. The summed E-state index contributed by atoms with van der Waals surface area (Å²) in [6.45, 7) is 9.11. The summed E-state index contributed by atoms with van der Waals surface area (Å²) >= 11 is 0. The summed E-state index contributed by atoms with van der Waals surface area (Å²) in [5.74, 6) is -0.162. The van der Waals surface area contributed by atoms with Crippen LogP contribution in [0.5, 0.6) is 0 Å². The fourth-order valence-corrected chi connectivity index (χ4v) is 3.67. The Morgan fingerprint density at radius 2 is 1.89 bits per heavy atom. The first-order chi connectivity index (χ1) is 13.3. The van der Waals surface area contributed by atoms with Crippen molar-refractivity contribution in [2.45, 2.75) is 64.4 Å². The second kappa shape index (κ2) is 8.41. The van der Waals surface area contributed by atoms with E-state index < -0.39 is 11.3 Å². The van der Waals surface area contributed by atoms with Crippen molar-refractivity contribution in [2.75, 3.05) is 6.61 Å². The molecule has 0 saturated carbocycles. The van der Waals surface area contributed by atoms with Gasteiger partial charge in [-0.1, -0.05) is 30.3 Å². The summed E-state index contributed by atoms with van der Waals surface area (Å²) in [5, 5.41) is 0. The van der Waals surface area contributed by atoms with E-state index in [-0.39, 0.29) is 12.0 Å². The average molecular weight is 383 g/mol. The number of carbonyl (C=O) groups excluding carboxylic acids is 1. The summed E-state index contributed by atoms with van der Waals surface area (Å²) < 4.78 is 11.8. The maximum atomic E-state index is 12.2. The molecule has 1 aromatic heterocycles. The molecule has 5 heteroatoms. The van der Waals surface area contributed by atoms with Crippen molar-refractivity contribution in [3.05, 3.63) is 66.0 Å². The van der Waals surface area contributed by atoms with Gasteiger partial charge in [0.05, 0.1) is 6.61 Å². The Bertz CT molecular complexity index is 773. The monoisotopic (exact) mass is 382 g/mol. The van der Waals surface area contributed by atoms with Gasteiger partial charge in [0.1, 0.15) is 11.3 Å². The van der Waals surface area contributed by atoms with E-state index in [0.717, 1.165) is 12.1 Å². The van der Waals surface area contributed by atoms with Crippen LogP contribution in [0.15, 0.2) is 54.9 Å². The molecular formula is C23H30N2O3. The van der Waals surface area contributed by atoms with Crippen molar-refractivity contribution in [1.29, 1.82) is 0 Å². The van der Waals surface area contributed by atoms with Crippen LogP contribution in [0, 0.1) is 0 Å². The zero-order chi connectivity index (χ0) is 20.2. The van der Waals surface area contributed by atoms with Crippen molar-refractivity contribution in [2.24, 2.45) is 0 Å². The predicted molar refractivity (Wildman–Crippen MR) is 108 cm³/mol. The molecule has 0 bridgehead atoms. The van der Waals surface area contributed by atoms with E-state index in [4.69, 9.17) is 9.47 Å². The molecule has 0 radical (unpaired) electrons. The number of esters is 1. The zero-order valence-electron chi connectivity index (χ0n) is 17.2. The summed E-state index contributed by atoms with van der Waals surface area (Å²) in [4.78, 5) is 18.7. The topological polar surface area (TPSA) is 51.7 Å². The molecule has 1 fully saturated rings. The van der Waals surface area contributed by atoms with Crippen molar-refractivity contribution in [3.8, 4) is 0 Å². The molecule has 2 heterocycles. The molecule has 1 aliphatic rings. The van der Waals surface area contributed by atoms with E-state index in [9.17, 15) is 4.79 Å². The maximum absolute atomic E-state index is 12.2. The van der Waals surface area contributed by atoms with Crippen LogP contribution in [0.4, 0.5) is 0 Å². The van der Waals surface area contributed by atoms with E-state index in [0.29, 0.717) is 19.4 Å². The van der Waals surface area contributed by atoms with Gasteiger partial charge in [0, 0.05) is 37.0 Å². The lowest BCUT2D eigenvalue weighted by Crippen LogP contribution is -2.43. The molecule has 0 spiro atoms. The Labute approximate surface area is 167 Å². The van der Waals surface area contributed by atoms with Crippen LogP contribution in [0.25, 0.3) is 0 Å². The molecule has 0 amide bonds.